The average molecular weight is 488 g/mol. The van der Waals surface area contributed by atoms with Crippen LogP contribution in [-0.2, 0) is 21.4 Å². The Labute approximate surface area is 193 Å². The standard InChI is InChI=1S/C22H18ClN3O4S2/c1-14(27)24-16-6-8-17(9-7-16)25-32(29,30)18-10-11-20-21(12-18)31-22(28)26(20)13-15-4-2-3-5-19(15)23/h2-12,25H,13H2,1H3,(H,24,27). The van der Waals surface area contributed by atoms with Crippen molar-refractivity contribution < 1.29 is 13.2 Å². The molecule has 1 amide bonds. The zero-order valence-corrected chi connectivity index (χ0v) is 19.2. The van der Waals surface area contributed by atoms with E-state index >= 15 is 0 Å². The van der Waals surface area contributed by atoms with Crippen molar-refractivity contribution in [2.24, 2.45) is 0 Å². The first-order valence-corrected chi connectivity index (χ1v) is 12.2. The molecule has 32 heavy (non-hydrogen) atoms. The lowest BCUT2D eigenvalue weighted by atomic mass is 10.2. The Morgan fingerprint density at radius 2 is 1.72 bits per heavy atom. The minimum absolute atomic E-state index is 0.0436. The zero-order chi connectivity index (χ0) is 22.9. The van der Waals surface area contributed by atoms with Gasteiger partial charge in [-0.25, -0.2) is 8.42 Å². The van der Waals surface area contributed by atoms with Crippen LogP contribution in [0.5, 0.6) is 0 Å². The normalized spacial score (nSPS) is 11.4. The van der Waals surface area contributed by atoms with Gasteiger partial charge in [-0.15, -0.1) is 0 Å². The summed E-state index contributed by atoms with van der Waals surface area (Å²) in [5.74, 6) is -0.216. The van der Waals surface area contributed by atoms with Crippen LogP contribution in [0, 0.1) is 0 Å². The highest BCUT2D eigenvalue weighted by Gasteiger charge is 2.17. The zero-order valence-electron chi connectivity index (χ0n) is 16.8. The summed E-state index contributed by atoms with van der Waals surface area (Å²) in [5.41, 5.74) is 2.35. The van der Waals surface area contributed by atoms with Crippen LogP contribution in [0.15, 0.2) is 76.4 Å². The molecule has 0 fully saturated rings. The van der Waals surface area contributed by atoms with Gasteiger partial charge < -0.3 is 5.32 Å². The van der Waals surface area contributed by atoms with Gasteiger partial charge in [0.25, 0.3) is 10.0 Å². The van der Waals surface area contributed by atoms with E-state index in [2.05, 4.69) is 10.0 Å². The summed E-state index contributed by atoms with van der Waals surface area (Å²) in [4.78, 5) is 23.5. The van der Waals surface area contributed by atoms with Crippen molar-refractivity contribution in [3.05, 3.63) is 87.0 Å². The molecule has 0 saturated carbocycles. The molecule has 0 aliphatic carbocycles. The number of benzene rings is 3. The third-order valence-electron chi connectivity index (χ3n) is 4.69. The first kappa shape index (κ1) is 22.1. The summed E-state index contributed by atoms with van der Waals surface area (Å²) in [6.45, 7) is 1.69. The number of halogens is 1. The van der Waals surface area contributed by atoms with E-state index in [1.54, 1.807) is 41.0 Å². The third-order valence-corrected chi connectivity index (χ3v) is 7.38. The van der Waals surface area contributed by atoms with E-state index in [-0.39, 0.29) is 15.7 Å². The number of fused-ring (bicyclic) bond motifs is 1. The number of nitrogens with one attached hydrogen (secondary N) is 2. The maximum absolute atomic E-state index is 12.9. The van der Waals surface area contributed by atoms with Gasteiger partial charge >= 0.3 is 4.87 Å². The number of carbonyl (C=O) groups is 1. The van der Waals surface area contributed by atoms with E-state index in [4.69, 9.17) is 11.6 Å². The number of thiazole rings is 1. The van der Waals surface area contributed by atoms with Crippen LogP contribution in [0.25, 0.3) is 10.2 Å². The predicted molar refractivity (Wildman–Crippen MR) is 128 cm³/mol. The van der Waals surface area contributed by atoms with Crippen LogP contribution in [-0.4, -0.2) is 18.9 Å². The molecule has 7 nitrogen and oxygen atoms in total. The maximum Gasteiger partial charge on any atom is 0.308 e. The maximum atomic E-state index is 12.9. The molecule has 1 aromatic heterocycles. The van der Waals surface area contributed by atoms with E-state index < -0.39 is 10.0 Å². The number of rotatable bonds is 6. The Morgan fingerprint density at radius 3 is 2.41 bits per heavy atom. The minimum atomic E-state index is -3.87. The Hall–Kier alpha value is -3.14. The van der Waals surface area contributed by atoms with Crippen molar-refractivity contribution in [1.82, 2.24) is 4.57 Å². The van der Waals surface area contributed by atoms with Gasteiger partial charge in [0.15, 0.2) is 0 Å². The number of hydrogen-bond acceptors (Lipinski definition) is 5. The molecular formula is C22H18ClN3O4S2. The highest BCUT2D eigenvalue weighted by molar-refractivity contribution is 7.92. The molecule has 0 spiro atoms. The fourth-order valence-electron chi connectivity index (χ4n) is 3.20. The smallest absolute Gasteiger partial charge is 0.308 e. The number of amides is 1. The second-order valence-corrected chi connectivity index (χ2v) is 10.1. The molecule has 2 N–H and O–H groups in total. The number of sulfonamides is 1. The minimum Gasteiger partial charge on any atom is -0.326 e. The molecule has 1 heterocycles. The first-order chi connectivity index (χ1) is 15.2. The molecule has 4 aromatic rings. The quantitative estimate of drug-likeness (QED) is 0.417. The summed E-state index contributed by atoms with van der Waals surface area (Å²) in [7, 11) is -3.87. The number of hydrogen-bond donors (Lipinski definition) is 2. The number of carbonyl (C=O) groups excluding carboxylic acids is 1. The molecule has 0 aliphatic rings. The molecule has 0 saturated heterocycles. The SMILES string of the molecule is CC(=O)Nc1ccc(NS(=O)(=O)c2ccc3c(c2)sc(=O)n3Cc2ccccc2Cl)cc1. The highest BCUT2D eigenvalue weighted by atomic mass is 35.5. The van der Waals surface area contributed by atoms with Crippen LogP contribution in [0.2, 0.25) is 5.02 Å². The molecule has 4 rings (SSSR count). The van der Waals surface area contributed by atoms with E-state index in [1.165, 1.54) is 19.1 Å². The monoisotopic (exact) mass is 487 g/mol. The average Bonchev–Trinajstić information content (AvgIpc) is 3.05. The molecule has 10 heteroatoms. The lowest BCUT2D eigenvalue weighted by Gasteiger charge is -2.10. The first-order valence-electron chi connectivity index (χ1n) is 9.50. The fraction of sp³-hybridized carbons (Fsp3) is 0.0909. The summed E-state index contributed by atoms with van der Waals surface area (Å²) in [5, 5.41) is 3.18. The molecular weight excluding hydrogens is 470 g/mol. The second-order valence-electron chi connectivity index (χ2n) is 7.04. The van der Waals surface area contributed by atoms with Crippen LogP contribution in [0.4, 0.5) is 11.4 Å². The Morgan fingerprint density at radius 1 is 1.03 bits per heavy atom. The molecule has 0 atom stereocenters. The van der Waals surface area contributed by atoms with Crippen molar-refractivity contribution in [1.29, 1.82) is 0 Å². The van der Waals surface area contributed by atoms with E-state index in [0.29, 0.717) is 33.2 Å². The summed E-state index contributed by atoms with van der Waals surface area (Å²) < 4.78 is 30.4. The van der Waals surface area contributed by atoms with Crippen molar-refractivity contribution >= 4 is 60.5 Å². The molecule has 164 valence electrons. The second kappa shape index (κ2) is 8.78. The Bertz CT molecular complexity index is 1480. The predicted octanol–water partition coefficient (Wildman–Crippen LogP) is 4.52. The van der Waals surface area contributed by atoms with E-state index in [1.807, 2.05) is 18.2 Å². The van der Waals surface area contributed by atoms with Crippen LogP contribution < -0.4 is 14.9 Å². The Balaban J connectivity index is 1.61. The number of aromatic nitrogens is 1. The van der Waals surface area contributed by atoms with Crippen LogP contribution in [0.1, 0.15) is 12.5 Å². The third kappa shape index (κ3) is 4.69. The molecule has 0 bridgehead atoms. The van der Waals surface area contributed by atoms with Gasteiger partial charge in [-0.1, -0.05) is 41.1 Å². The van der Waals surface area contributed by atoms with Gasteiger partial charge in [-0.2, -0.15) is 0 Å². The molecule has 3 aromatic carbocycles. The van der Waals surface area contributed by atoms with Gasteiger partial charge in [-0.05, 0) is 54.1 Å². The number of anilines is 2. The summed E-state index contributed by atoms with van der Waals surface area (Å²) in [6.07, 6.45) is 0. The highest BCUT2D eigenvalue weighted by Crippen LogP contribution is 2.25. The van der Waals surface area contributed by atoms with Gasteiger partial charge in [0.05, 0.1) is 21.7 Å². The van der Waals surface area contributed by atoms with Crippen molar-refractivity contribution in [2.75, 3.05) is 10.0 Å². The lowest BCUT2D eigenvalue weighted by molar-refractivity contribution is -0.114. The lowest BCUT2D eigenvalue weighted by Crippen LogP contribution is -2.14. The van der Waals surface area contributed by atoms with Crippen molar-refractivity contribution in [3.8, 4) is 0 Å². The Kier molecular flexibility index (Phi) is 6.05. The van der Waals surface area contributed by atoms with E-state index in [9.17, 15) is 18.0 Å². The summed E-state index contributed by atoms with van der Waals surface area (Å²) in [6, 6.07) is 18.2. The number of nitrogens with zero attached hydrogens (tertiary/aromatic N) is 1. The van der Waals surface area contributed by atoms with Crippen molar-refractivity contribution in [2.45, 2.75) is 18.4 Å². The van der Waals surface area contributed by atoms with Crippen LogP contribution in [0.3, 0.4) is 0 Å². The van der Waals surface area contributed by atoms with Gasteiger partial charge in [0.1, 0.15) is 0 Å². The van der Waals surface area contributed by atoms with E-state index in [0.717, 1.165) is 16.9 Å². The van der Waals surface area contributed by atoms with Crippen molar-refractivity contribution in [3.63, 3.8) is 0 Å². The molecule has 0 aliphatic heterocycles. The van der Waals surface area contributed by atoms with Gasteiger partial charge in [0, 0.05) is 23.3 Å². The largest absolute Gasteiger partial charge is 0.326 e. The topological polar surface area (TPSA) is 97.3 Å². The fourth-order valence-corrected chi connectivity index (χ4v) is 5.48. The van der Waals surface area contributed by atoms with Crippen LogP contribution >= 0.6 is 22.9 Å². The van der Waals surface area contributed by atoms with Gasteiger partial charge in [-0.3, -0.25) is 18.9 Å². The van der Waals surface area contributed by atoms with Gasteiger partial charge in [0.2, 0.25) is 5.91 Å². The molecule has 0 unspecified atom stereocenters. The molecule has 0 radical (unpaired) electrons. The summed E-state index contributed by atoms with van der Waals surface area (Å²) >= 11 is 7.20.